The number of sulfonamides is 1. The molecule has 156 valence electrons. The van der Waals surface area contributed by atoms with Crippen molar-refractivity contribution in [2.45, 2.75) is 35.7 Å². The van der Waals surface area contributed by atoms with Gasteiger partial charge in [-0.1, -0.05) is 35.5 Å². The minimum Gasteiger partial charge on any atom is -0.319 e. The molecule has 10 heteroatoms. The Morgan fingerprint density at radius 3 is 2.63 bits per heavy atom. The Kier molecular flexibility index (Phi) is 6.17. The van der Waals surface area contributed by atoms with Gasteiger partial charge in [-0.15, -0.1) is 11.3 Å². The molecule has 0 spiro atoms. The average Bonchev–Trinajstić information content (AvgIpc) is 3.30. The van der Waals surface area contributed by atoms with Gasteiger partial charge in [-0.2, -0.15) is 0 Å². The number of imidazole rings is 1. The summed E-state index contributed by atoms with van der Waals surface area (Å²) in [5, 5.41) is 9.91. The first kappa shape index (κ1) is 21.3. The van der Waals surface area contributed by atoms with Crippen molar-refractivity contribution in [3.8, 4) is 0 Å². The first-order valence-electron chi connectivity index (χ1n) is 9.17. The van der Waals surface area contributed by atoms with Crippen LogP contribution in [0.1, 0.15) is 23.2 Å². The summed E-state index contributed by atoms with van der Waals surface area (Å²) in [4.78, 5) is 9.42. The molecule has 0 saturated heterocycles. The third-order valence-electron chi connectivity index (χ3n) is 4.55. The van der Waals surface area contributed by atoms with E-state index in [9.17, 15) is 8.42 Å². The van der Waals surface area contributed by atoms with E-state index in [1.165, 1.54) is 17.7 Å². The minimum atomic E-state index is -3.76. The number of nitrogens with two attached hydrogens (primary N) is 1. The molecule has 0 radical (unpaired) electrons. The third-order valence-corrected chi connectivity index (χ3v) is 7.62. The van der Waals surface area contributed by atoms with Gasteiger partial charge >= 0.3 is 0 Å². The lowest BCUT2D eigenvalue weighted by Gasteiger charge is -2.05. The molecule has 0 atom stereocenters. The highest BCUT2D eigenvalue weighted by atomic mass is 35.5. The second-order valence-electron chi connectivity index (χ2n) is 6.66. The van der Waals surface area contributed by atoms with Crippen LogP contribution in [-0.2, 0) is 28.7 Å². The summed E-state index contributed by atoms with van der Waals surface area (Å²) < 4.78 is 25.3. The van der Waals surface area contributed by atoms with Crippen LogP contribution in [0.15, 0.2) is 57.9 Å². The number of aromatic nitrogens is 3. The summed E-state index contributed by atoms with van der Waals surface area (Å²) >= 11 is 9.16. The van der Waals surface area contributed by atoms with Crippen LogP contribution in [0.25, 0.3) is 11.0 Å². The number of benzene rings is 2. The van der Waals surface area contributed by atoms with Gasteiger partial charge in [-0.3, -0.25) is 0 Å². The van der Waals surface area contributed by atoms with E-state index in [2.05, 4.69) is 14.9 Å². The fourth-order valence-corrected chi connectivity index (χ4v) is 5.66. The van der Waals surface area contributed by atoms with Gasteiger partial charge < -0.3 is 4.57 Å². The standard InChI is InChI=1S/C20H19ClN4O2S3/c1-2-25-18-8-7-16(30(22,26)27)10-17(18)24-20(25)29-12-15-11-28-19(23-15)9-13-3-5-14(21)6-4-13/h3-8,10-11H,2,9,12H2,1H3,(H2,22,26,27). The molecular weight excluding hydrogens is 460 g/mol. The third kappa shape index (κ3) is 4.70. The highest BCUT2D eigenvalue weighted by molar-refractivity contribution is 7.98. The monoisotopic (exact) mass is 478 g/mol. The van der Waals surface area contributed by atoms with Gasteiger partial charge in [0.2, 0.25) is 10.0 Å². The average molecular weight is 479 g/mol. The van der Waals surface area contributed by atoms with Crippen LogP contribution in [0.4, 0.5) is 0 Å². The number of halogens is 1. The second-order valence-corrected chi connectivity index (χ2v) is 10.5. The highest BCUT2D eigenvalue weighted by Gasteiger charge is 2.15. The molecule has 2 N–H and O–H groups in total. The number of aryl methyl sites for hydroxylation is 1. The van der Waals surface area contributed by atoms with Crippen molar-refractivity contribution >= 4 is 55.8 Å². The van der Waals surface area contributed by atoms with Gasteiger partial charge in [0.1, 0.15) is 0 Å². The van der Waals surface area contributed by atoms with Gasteiger partial charge in [0.05, 0.1) is 26.6 Å². The molecule has 4 aromatic rings. The van der Waals surface area contributed by atoms with E-state index in [-0.39, 0.29) is 4.90 Å². The lowest BCUT2D eigenvalue weighted by Crippen LogP contribution is -2.11. The van der Waals surface area contributed by atoms with Crippen molar-refractivity contribution < 1.29 is 8.42 Å². The van der Waals surface area contributed by atoms with Gasteiger partial charge in [-0.25, -0.2) is 23.5 Å². The zero-order valence-electron chi connectivity index (χ0n) is 16.1. The van der Waals surface area contributed by atoms with E-state index in [1.54, 1.807) is 29.2 Å². The zero-order valence-corrected chi connectivity index (χ0v) is 19.3. The normalized spacial score (nSPS) is 12.0. The van der Waals surface area contributed by atoms with Crippen molar-refractivity contribution in [3.05, 3.63) is 69.1 Å². The maximum absolute atomic E-state index is 11.6. The molecule has 2 heterocycles. The maximum Gasteiger partial charge on any atom is 0.238 e. The fraction of sp³-hybridized carbons (Fsp3) is 0.200. The van der Waals surface area contributed by atoms with Crippen LogP contribution in [0.3, 0.4) is 0 Å². The number of fused-ring (bicyclic) bond motifs is 1. The molecule has 0 amide bonds. The first-order valence-corrected chi connectivity index (χ1v) is 13.0. The Bertz CT molecular complexity index is 1300. The number of thiazole rings is 1. The van der Waals surface area contributed by atoms with Gasteiger partial charge in [0.15, 0.2) is 5.16 Å². The molecule has 0 aliphatic rings. The molecular formula is C20H19ClN4O2S3. The molecule has 0 fully saturated rings. The van der Waals surface area contributed by atoms with E-state index in [1.807, 2.05) is 31.2 Å². The van der Waals surface area contributed by atoms with E-state index in [4.69, 9.17) is 21.7 Å². The Hall–Kier alpha value is -1.91. The molecule has 0 saturated carbocycles. The van der Waals surface area contributed by atoms with E-state index in [0.29, 0.717) is 11.3 Å². The smallest absolute Gasteiger partial charge is 0.238 e. The summed E-state index contributed by atoms with van der Waals surface area (Å²) in [6, 6.07) is 12.6. The number of hydrogen-bond acceptors (Lipinski definition) is 6. The summed E-state index contributed by atoms with van der Waals surface area (Å²) in [6.07, 6.45) is 0.774. The topological polar surface area (TPSA) is 90.9 Å². The van der Waals surface area contributed by atoms with Crippen molar-refractivity contribution in [3.63, 3.8) is 0 Å². The Labute approximate surface area is 188 Å². The van der Waals surface area contributed by atoms with E-state index >= 15 is 0 Å². The summed E-state index contributed by atoms with van der Waals surface area (Å²) in [5.74, 6) is 0.683. The van der Waals surface area contributed by atoms with Crippen molar-refractivity contribution in [1.82, 2.24) is 14.5 Å². The largest absolute Gasteiger partial charge is 0.319 e. The van der Waals surface area contributed by atoms with E-state index in [0.717, 1.165) is 39.4 Å². The van der Waals surface area contributed by atoms with Crippen molar-refractivity contribution in [1.29, 1.82) is 0 Å². The first-order chi connectivity index (χ1) is 14.3. The Balaban J connectivity index is 1.50. The number of rotatable bonds is 7. The number of thioether (sulfide) groups is 1. The van der Waals surface area contributed by atoms with Crippen LogP contribution in [0.2, 0.25) is 5.02 Å². The van der Waals surface area contributed by atoms with E-state index < -0.39 is 10.0 Å². The SMILES string of the molecule is CCn1c(SCc2csc(Cc3ccc(Cl)cc3)n2)nc2cc(S(N)(=O)=O)ccc21. The second kappa shape index (κ2) is 8.68. The molecule has 2 aromatic carbocycles. The lowest BCUT2D eigenvalue weighted by atomic mass is 10.2. The zero-order chi connectivity index (χ0) is 21.3. The minimum absolute atomic E-state index is 0.0682. The van der Waals surface area contributed by atoms with Gasteiger partial charge in [0.25, 0.3) is 0 Å². The van der Waals surface area contributed by atoms with Crippen LogP contribution in [0, 0.1) is 0 Å². The van der Waals surface area contributed by atoms with Crippen molar-refractivity contribution in [2.24, 2.45) is 5.14 Å². The molecule has 0 aliphatic carbocycles. The predicted octanol–water partition coefficient (Wildman–Crippen LogP) is 4.70. The lowest BCUT2D eigenvalue weighted by molar-refractivity contribution is 0.598. The quantitative estimate of drug-likeness (QED) is 0.389. The summed E-state index contributed by atoms with van der Waals surface area (Å²) in [6.45, 7) is 2.76. The maximum atomic E-state index is 11.6. The highest BCUT2D eigenvalue weighted by Crippen LogP contribution is 2.29. The van der Waals surface area contributed by atoms with Crippen molar-refractivity contribution in [2.75, 3.05) is 0 Å². The molecule has 6 nitrogen and oxygen atoms in total. The molecule has 30 heavy (non-hydrogen) atoms. The molecule has 2 aromatic heterocycles. The summed E-state index contributed by atoms with van der Waals surface area (Å²) in [5.41, 5.74) is 3.67. The molecule has 0 bridgehead atoms. The fourth-order valence-electron chi connectivity index (χ4n) is 3.09. The predicted molar refractivity (Wildman–Crippen MR) is 123 cm³/mol. The number of nitrogens with zero attached hydrogens (tertiary/aromatic N) is 3. The number of primary sulfonamides is 1. The van der Waals surface area contributed by atoms with Crippen LogP contribution in [0.5, 0.6) is 0 Å². The van der Waals surface area contributed by atoms with Crippen LogP contribution in [-0.4, -0.2) is 23.0 Å². The molecule has 4 rings (SSSR count). The van der Waals surface area contributed by atoms with Gasteiger partial charge in [-0.05, 0) is 42.8 Å². The van der Waals surface area contributed by atoms with Gasteiger partial charge in [0, 0.05) is 29.1 Å². The number of hydrogen-bond donors (Lipinski definition) is 1. The molecule has 0 aliphatic heterocycles. The van der Waals surface area contributed by atoms with Crippen LogP contribution >= 0.6 is 34.7 Å². The Morgan fingerprint density at radius 1 is 1.17 bits per heavy atom. The molecule has 0 unspecified atom stereocenters. The van der Waals surface area contributed by atoms with Crippen LogP contribution < -0.4 is 5.14 Å². The summed E-state index contributed by atoms with van der Waals surface area (Å²) in [7, 11) is -3.76. The Morgan fingerprint density at radius 2 is 1.93 bits per heavy atom.